The number of carbonyl (C=O) groups excluding carboxylic acids is 1. The van der Waals surface area contributed by atoms with Crippen LogP contribution in [0.15, 0.2) is 41.3 Å². The number of hydrogen-bond acceptors (Lipinski definition) is 6. The van der Waals surface area contributed by atoms with Gasteiger partial charge in [-0.1, -0.05) is 38.3 Å². The van der Waals surface area contributed by atoms with Gasteiger partial charge in [-0.15, -0.1) is 0 Å². The van der Waals surface area contributed by atoms with E-state index in [9.17, 15) is 19.1 Å². The molecule has 1 aliphatic heterocycles. The Hall–Kier alpha value is -3.30. The number of amides is 1. The van der Waals surface area contributed by atoms with Gasteiger partial charge in [-0.25, -0.2) is 9.37 Å². The van der Waals surface area contributed by atoms with Crippen molar-refractivity contribution in [3.05, 3.63) is 58.3 Å². The molecule has 0 radical (unpaired) electrons. The Kier molecular flexibility index (Phi) is 8.66. The van der Waals surface area contributed by atoms with Gasteiger partial charge in [0, 0.05) is 44.5 Å². The summed E-state index contributed by atoms with van der Waals surface area (Å²) in [6.07, 6.45) is 5.53. The van der Waals surface area contributed by atoms with Crippen LogP contribution in [-0.2, 0) is 11.3 Å². The SMILES string of the molecule is CCCCCCNC(=O)c1c(O)c2cc(-c3ccc(F)cc3)cnc2n(CCN2CCOCC2)c1=O. The second-order valence-electron chi connectivity index (χ2n) is 9.05. The average Bonchev–Trinajstić information content (AvgIpc) is 2.89. The molecule has 1 aromatic carbocycles. The number of aromatic hydroxyl groups is 1. The van der Waals surface area contributed by atoms with Crippen LogP contribution in [0.25, 0.3) is 22.2 Å². The first-order valence-corrected chi connectivity index (χ1v) is 12.6. The van der Waals surface area contributed by atoms with Gasteiger partial charge in [0.15, 0.2) is 0 Å². The number of rotatable bonds is 10. The fraction of sp³-hybridized carbons (Fsp3) is 0.444. The van der Waals surface area contributed by atoms with E-state index >= 15 is 0 Å². The van der Waals surface area contributed by atoms with Gasteiger partial charge in [-0.2, -0.15) is 0 Å². The van der Waals surface area contributed by atoms with Crippen LogP contribution in [0.4, 0.5) is 4.39 Å². The minimum Gasteiger partial charge on any atom is -0.506 e. The highest BCUT2D eigenvalue weighted by atomic mass is 19.1. The number of aromatic nitrogens is 2. The number of pyridine rings is 2. The van der Waals surface area contributed by atoms with Crippen molar-refractivity contribution in [1.29, 1.82) is 0 Å². The van der Waals surface area contributed by atoms with Gasteiger partial charge in [-0.05, 0) is 30.2 Å². The molecule has 192 valence electrons. The summed E-state index contributed by atoms with van der Waals surface area (Å²) in [5, 5.41) is 14.2. The Bertz CT molecular complexity index is 1250. The van der Waals surface area contributed by atoms with E-state index in [0.29, 0.717) is 55.0 Å². The molecule has 0 unspecified atom stereocenters. The maximum Gasteiger partial charge on any atom is 0.268 e. The van der Waals surface area contributed by atoms with E-state index in [4.69, 9.17) is 4.74 Å². The zero-order valence-corrected chi connectivity index (χ0v) is 20.6. The van der Waals surface area contributed by atoms with Gasteiger partial charge < -0.3 is 15.2 Å². The molecule has 0 atom stereocenters. The maximum absolute atomic E-state index is 13.5. The molecule has 3 heterocycles. The summed E-state index contributed by atoms with van der Waals surface area (Å²) in [5.41, 5.74) is 0.802. The number of nitrogens with zero attached hydrogens (tertiary/aromatic N) is 3. The first-order valence-electron chi connectivity index (χ1n) is 12.6. The van der Waals surface area contributed by atoms with E-state index < -0.39 is 11.5 Å². The highest BCUT2D eigenvalue weighted by Crippen LogP contribution is 2.30. The van der Waals surface area contributed by atoms with E-state index in [1.165, 1.54) is 16.7 Å². The molecule has 8 nitrogen and oxygen atoms in total. The molecule has 36 heavy (non-hydrogen) atoms. The van der Waals surface area contributed by atoms with E-state index in [0.717, 1.165) is 38.8 Å². The molecule has 4 rings (SSSR count). The normalized spacial score (nSPS) is 14.3. The number of fused-ring (bicyclic) bond motifs is 1. The Morgan fingerprint density at radius 2 is 1.86 bits per heavy atom. The van der Waals surface area contributed by atoms with Crippen LogP contribution in [0.1, 0.15) is 43.0 Å². The highest BCUT2D eigenvalue weighted by Gasteiger charge is 2.24. The summed E-state index contributed by atoms with van der Waals surface area (Å²) in [6.45, 7) is 6.23. The number of hydrogen-bond donors (Lipinski definition) is 2. The molecule has 0 aliphatic carbocycles. The summed E-state index contributed by atoms with van der Waals surface area (Å²) in [5.74, 6) is -1.34. The quantitative estimate of drug-likeness (QED) is 0.417. The number of ether oxygens (including phenoxy) is 1. The molecular formula is C27H33FN4O4. The smallest absolute Gasteiger partial charge is 0.268 e. The van der Waals surface area contributed by atoms with Crippen molar-refractivity contribution in [2.75, 3.05) is 39.4 Å². The number of unbranched alkanes of at least 4 members (excludes halogenated alkanes) is 3. The lowest BCUT2D eigenvalue weighted by Gasteiger charge is -2.27. The van der Waals surface area contributed by atoms with Gasteiger partial charge in [0.05, 0.1) is 18.6 Å². The third-order valence-electron chi connectivity index (χ3n) is 6.54. The molecule has 0 spiro atoms. The van der Waals surface area contributed by atoms with Crippen LogP contribution in [0.3, 0.4) is 0 Å². The lowest BCUT2D eigenvalue weighted by molar-refractivity contribution is 0.0364. The van der Waals surface area contributed by atoms with E-state index in [1.54, 1.807) is 24.4 Å². The van der Waals surface area contributed by atoms with Gasteiger partial charge in [0.25, 0.3) is 11.5 Å². The van der Waals surface area contributed by atoms with E-state index in [-0.39, 0.29) is 17.1 Å². The van der Waals surface area contributed by atoms with Crippen LogP contribution in [0.2, 0.25) is 0 Å². The summed E-state index contributed by atoms with van der Waals surface area (Å²) in [7, 11) is 0. The zero-order chi connectivity index (χ0) is 25.5. The summed E-state index contributed by atoms with van der Waals surface area (Å²) >= 11 is 0. The number of carbonyl (C=O) groups is 1. The number of benzene rings is 1. The van der Waals surface area contributed by atoms with E-state index in [2.05, 4.69) is 22.1 Å². The Labute approximate surface area is 209 Å². The predicted molar refractivity (Wildman–Crippen MR) is 137 cm³/mol. The molecule has 0 bridgehead atoms. The van der Waals surface area contributed by atoms with Crippen LogP contribution in [0.5, 0.6) is 5.75 Å². The molecule has 0 saturated carbocycles. The van der Waals surface area contributed by atoms with Crippen LogP contribution >= 0.6 is 0 Å². The van der Waals surface area contributed by atoms with Gasteiger partial charge in [-0.3, -0.25) is 19.1 Å². The number of nitrogens with one attached hydrogen (secondary N) is 1. The van der Waals surface area contributed by atoms with Crippen molar-refractivity contribution < 1.29 is 19.0 Å². The van der Waals surface area contributed by atoms with Crippen LogP contribution < -0.4 is 10.9 Å². The lowest BCUT2D eigenvalue weighted by atomic mass is 10.0. The van der Waals surface area contributed by atoms with Gasteiger partial charge in [0.1, 0.15) is 22.8 Å². The third kappa shape index (κ3) is 5.91. The van der Waals surface area contributed by atoms with Crippen molar-refractivity contribution in [3.8, 4) is 16.9 Å². The fourth-order valence-electron chi connectivity index (χ4n) is 4.43. The standard InChI is InChI=1S/C27H33FN4O4/c1-2-3-4-5-10-29-26(34)23-24(33)22-17-20(19-6-8-21(28)9-7-19)18-30-25(22)32(27(23)35)12-11-31-13-15-36-16-14-31/h6-9,17-18,33H,2-5,10-16H2,1H3,(H,29,34). The molecule has 1 saturated heterocycles. The van der Waals surface area contributed by atoms with Crippen molar-refractivity contribution in [2.45, 2.75) is 39.2 Å². The fourth-order valence-corrected chi connectivity index (χ4v) is 4.43. The molecule has 2 N–H and O–H groups in total. The van der Waals surface area contributed by atoms with Gasteiger partial charge in [0.2, 0.25) is 0 Å². The van der Waals surface area contributed by atoms with Crippen molar-refractivity contribution in [3.63, 3.8) is 0 Å². The minimum absolute atomic E-state index is 0.280. The molecule has 1 aliphatic rings. The van der Waals surface area contributed by atoms with Crippen molar-refractivity contribution in [1.82, 2.24) is 19.8 Å². The van der Waals surface area contributed by atoms with Crippen molar-refractivity contribution >= 4 is 16.9 Å². The second kappa shape index (κ2) is 12.1. The zero-order valence-electron chi connectivity index (χ0n) is 20.6. The van der Waals surface area contributed by atoms with Crippen LogP contribution in [-0.4, -0.2) is 64.9 Å². The second-order valence-corrected chi connectivity index (χ2v) is 9.05. The summed E-state index contributed by atoms with van der Waals surface area (Å²) < 4.78 is 20.3. The first kappa shape index (κ1) is 25.8. The molecule has 3 aromatic rings. The first-order chi connectivity index (χ1) is 17.5. The highest BCUT2D eigenvalue weighted by molar-refractivity contribution is 6.02. The largest absolute Gasteiger partial charge is 0.506 e. The summed E-state index contributed by atoms with van der Waals surface area (Å²) in [4.78, 5) is 33.2. The Balaban J connectivity index is 1.72. The molecule has 1 fully saturated rings. The average molecular weight is 497 g/mol. The lowest BCUT2D eigenvalue weighted by Crippen LogP contribution is -2.40. The van der Waals surface area contributed by atoms with Gasteiger partial charge >= 0.3 is 0 Å². The predicted octanol–water partition coefficient (Wildman–Crippen LogP) is 3.55. The van der Waals surface area contributed by atoms with Crippen LogP contribution in [0, 0.1) is 5.82 Å². The number of halogens is 1. The molecule has 2 aromatic heterocycles. The Morgan fingerprint density at radius 3 is 2.58 bits per heavy atom. The topological polar surface area (TPSA) is 96.7 Å². The molecule has 1 amide bonds. The molecule has 9 heteroatoms. The Morgan fingerprint density at radius 1 is 1.11 bits per heavy atom. The minimum atomic E-state index is -0.594. The number of morpholine rings is 1. The monoisotopic (exact) mass is 496 g/mol. The van der Waals surface area contributed by atoms with Crippen molar-refractivity contribution in [2.24, 2.45) is 0 Å². The third-order valence-corrected chi connectivity index (χ3v) is 6.54. The van der Waals surface area contributed by atoms with E-state index in [1.807, 2.05) is 0 Å². The summed E-state index contributed by atoms with van der Waals surface area (Å²) in [6, 6.07) is 7.62. The molecular weight excluding hydrogens is 463 g/mol. The maximum atomic E-state index is 13.5.